The minimum absolute atomic E-state index is 0.193. The molecule has 1 aromatic rings. The van der Waals surface area contributed by atoms with Crippen molar-refractivity contribution in [3.05, 3.63) is 35.9 Å². The molecular weight excluding hydrogens is 396 g/mol. The monoisotopic (exact) mass is 430 g/mol. The van der Waals surface area contributed by atoms with Crippen LogP contribution in [-0.4, -0.2) is 60.7 Å². The van der Waals surface area contributed by atoms with Gasteiger partial charge in [0.2, 0.25) is 23.6 Å². The quantitative estimate of drug-likeness (QED) is 0.662. The number of carbonyl (C=O) groups is 4. The lowest BCUT2D eigenvalue weighted by Crippen LogP contribution is -2.53. The molecule has 1 aromatic carbocycles. The van der Waals surface area contributed by atoms with Crippen molar-refractivity contribution in [1.82, 2.24) is 20.9 Å². The molecule has 31 heavy (non-hydrogen) atoms. The van der Waals surface area contributed by atoms with Crippen molar-refractivity contribution in [3.8, 4) is 0 Å². The first-order chi connectivity index (χ1) is 14.8. The van der Waals surface area contributed by atoms with Gasteiger partial charge >= 0.3 is 0 Å². The van der Waals surface area contributed by atoms with Crippen molar-refractivity contribution in [2.24, 2.45) is 5.92 Å². The molecule has 2 atom stereocenters. The molecule has 8 nitrogen and oxygen atoms in total. The number of likely N-dealkylation sites (N-methyl/N-ethyl adjacent to an activating group) is 1. The molecule has 0 spiro atoms. The second-order valence-electron chi connectivity index (χ2n) is 8.50. The summed E-state index contributed by atoms with van der Waals surface area (Å²) in [6, 6.07) is 8.05. The molecule has 1 aliphatic rings. The molecule has 1 heterocycles. The molecular formula is C23H34N4O4. The molecule has 1 aliphatic heterocycles. The third kappa shape index (κ3) is 8.39. The van der Waals surface area contributed by atoms with Gasteiger partial charge in [-0.1, -0.05) is 44.2 Å². The minimum Gasteiger partial charge on any atom is -0.354 e. The van der Waals surface area contributed by atoms with Crippen LogP contribution >= 0.6 is 0 Å². The van der Waals surface area contributed by atoms with E-state index in [0.717, 1.165) is 5.56 Å². The number of nitrogens with zero attached hydrogens (tertiary/aromatic N) is 1. The predicted octanol–water partition coefficient (Wildman–Crippen LogP) is 1.00. The van der Waals surface area contributed by atoms with Crippen molar-refractivity contribution in [1.29, 1.82) is 0 Å². The molecule has 0 radical (unpaired) electrons. The Morgan fingerprint density at radius 3 is 2.32 bits per heavy atom. The van der Waals surface area contributed by atoms with E-state index in [-0.39, 0.29) is 36.6 Å². The lowest BCUT2D eigenvalue weighted by atomic mass is 10.0. The fourth-order valence-corrected chi connectivity index (χ4v) is 3.56. The largest absolute Gasteiger partial charge is 0.354 e. The van der Waals surface area contributed by atoms with Gasteiger partial charge in [0.15, 0.2) is 0 Å². The van der Waals surface area contributed by atoms with Crippen LogP contribution in [0, 0.1) is 5.92 Å². The Kier molecular flexibility index (Phi) is 9.49. The number of hydrogen-bond acceptors (Lipinski definition) is 4. The van der Waals surface area contributed by atoms with Gasteiger partial charge in [-0.05, 0) is 30.7 Å². The lowest BCUT2D eigenvalue weighted by Gasteiger charge is -2.26. The van der Waals surface area contributed by atoms with Gasteiger partial charge in [0.1, 0.15) is 12.1 Å². The predicted molar refractivity (Wildman–Crippen MR) is 118 cm³/mol. The number of nitrogens with one attached hydrogen (secondary N) is 3. The average molecular weight is 431 g/mol. The van der Waals surface area contributed by atoms with Crippen molar-refractivity contribution in [2.45, 2.75) is 58.0 Å². The highest BCUT2D eigenvalue weighted by atomic mass is 16.2. The van der Waals surface area contributed by atoms with Crippen molar-refractivity contribution in [3.63, 3.8) is 0 Å². The van der Waals surface area contributed by atoms with Crippen LogP contribution in [0.1, 0.15) is 45.1 Å². The molecule has 170 valence electrons. The van der Waals surface area contributed by atoms with E-state index in [4.69, 9.17) is 0 Å². The summed E-state index contributed by atoms with van der Waals surface area (Å²) >= 11 is 0. The summed E-state index contributed by atoms with van der Waals surface area (Å²) in [4.78, 5) is 51.8. The SMILES string of the molecule is CC(C)C[C@@H]1NC(=O)CCCCNC(=O)[C@H](Cc2ccccc2)NC(=O)CN(C)C1=O. The van der Waals surface area contributed by atoms with Gasteiger partial charge in [0, 0.05) is 26.4 Å². The summed E-state index contributed by atoms with van der Waals surface area (Å²) in [6.45, 7) is 4.18. The van der Waals surface area contributed by atoms with Gasteiger partial charge < -0.3 is 20.9 Å². The summed E-state index contributed by atoms with van der Waals surface area (Å²) < 4.78 is 0. The maximum absolute atomic E-state index is 12.9. The van der Waals surface area contributed by atoms with E-state index in [2.05, 4.69) is 16.0 Å². The topological polar surface area (TPSA) is 108 Å². The van der Waals surface area contributed by atoms with E-state index < -0.39 is 18.0 Å². The first-order valence-corrected chi connectivity index (χ1v) is 10.9. The fraction of sp³-hybridized carbons (Fsp3) is 0.565. The molecule has 0 saturated carbocycles. The number of benzene rings is 1. The fourth-order valence-electron chi connectivity index (χ4n) is 3.56. The van der Waals surface area contributed by atoms with E-state index in [0.29, 0.717) is 32.2 Å². The van der Waals surface area contributed by atoms with Crippen LogP contribution in [0.2, 0.25) is 0 Å². The Hall–Kier alpha value is -2.90. The van der Waals surface area contributed by atoms with Gasteiger partial charge in [0.05, 0.1) is 6.54 Å². The summed E-state index contributed by atoms with van der Waals surface area (Å²) in [7, 11) is 1.53. The summed E-state index contributed by atoms with van der Waals surface area (Å²) in [5.41, 5.74) is 0.928. The van der Waals surface area contributed by atoms with Gasteiger partial charge in [0.25, 0.3) is 0 Å². The first kappa shape index (κ1) is 24.4. The van der Waals surface area contributed by atoms with Crippen LogP contribution in [0.15, 0.2) is 30.3 Å². The van der Waals surface area contributed by atoms with Gasteiger partial charge in [-0.3, -0.25) is 19.2 Å². The zero-order valence-electron chi connectivity index (χ0n) is 18.6. The van der Waals surface area contributed by atoms with Crippen LogP contribution in [0.4, 0.5) is 0 Å². The second kappa shape index (κ2) is 12.1. The first-order valence-electron chi connectivity index (χ1n) is 10.9. The van der Waals surface area contributed by atoms with Crippen LogP contribution in [-0.2, 0) is 25.6 Å². The summed E-state index contributed by atoms with van der Waals surface area (Å²) in [5.74, 6) is -0.994. The molecule has 2 rings (SSSR count). The second-order valence-corrected chi connectivity index (χ2v) is 8.50. The average Bonchev–Trinajstić information content (AvgIpc) is 2.71. The van der Waals surface area contributed by atoms with E-state index in [1.54, 1.807) is 0 Å². The maximum Gasteiger partial charge on any atom is 0.245 e. The van der Waals surface area contributed by atoms with Crippen molar-refractivity contribution in [2.75, 3.05) is 20.1 Å². The highest BCUT2D eigenvalue weighted by Crippen LogP contribution is 2.09. The van der Waals surface area contributed by atoms with Gasteiger partial charge in [-0.25, -0.2) is 0 Å². The molecule has 3 N–H and O–H groups in total. The van der Waals surface area contributed by atoms with Crippen LogP contribution in [0.25, 0.3) is 0 Å². The normalized spacial score (nSPS) is 22.3. The Morgan fingerprint density at radius 1 is 0.968 bits per heavy atom. The smallest absolute Gasteiger partial charge is 0.245 e. The van der Waals surface area contributed by atoms with E-state index in [1.165, 1.54) is 11.9 Å². The number of amides is 4. The van der Waals surface area contributed by atoms with Crippen molar-refractivity contribution >= 4 is 23.6 Å². The molecule has 1 fully saturated rings. The number of rotatable bonds is 4. The van der Waals surface area contributed by atoms with Crippen LogP contribution in [0.5, 0.6) is 0 Å². The third-order valence-electron chi connectivity index (χ3n) is 5.16. The molecule has 0 aliphatic carbocycles. The Labute approximate surface area is 184 Å². The molecule has 8 heteroatoms. The third-order valence-corrected chi connectivity index (χ3v) is 5.16. The van der Waals surface area contributed by atoms with Gasteiger partial charge in [-0.15, -0.1) is 0 Å². The minimum atomic E-state index is -0.741. The van der Waals surface area contributed by atoms with E-state index >= 15 is 0 Å². The van der Waals surface area contributed by atoms with E-state index in [9.17, 15) is 19.2 Å². The molecule has 0 unspecified atom stereocenters. The zero-order chi connectivity index (χ0) is 22.8. The molecule has 0 aromatic heterocycles. The Balaban J connectivity index is 2.17. The number of hydrogen-bond donors (Lipinski definition) is 3. The lowest BCUT2D eigenvalue weighted by molar-refractivity contribution is -0.139. The zero-order valence-corrected chi connectivity index (χ0v) is 18.6. The summed E-state index contributed by atoms with van der Waals surface area (Å²) in [5, 5.41) is 8.43. The summed E-state index contributed by atoms with van der Waals surface area (Å²) in [6.07, 6.45) is 2.36. The standard InChI is InChI=1S/C23H34N4O4/c1-16(2)13-19-23(31)27(3)15-21(29)25-18(14-17-9-5-4-6-10-17)22(30)24-12-8-7-11-20(28)26-19/h4-6,9-10,16,18-19H,7-8,11-15H2,1-3H3,(H,24,30)(H,25,29)(H,26,28)/t18-,19-/m0/s1. The van der Waals surface area contributed by atoms with E-state index in [1.807, 2.05) is 44.2 Å². The number of carbonyl (C=O) groups excluding carboxylic acids is 4. The molecule has 0 bridgehead atoms. The highest BCUT2D eigenvalue weighted by Gasteiger charge is 2.28. The Bertz CT molecular complexity index is 766. The molecule has 4 amide bonds. The molecule has 1 saturated heterocycles. The van der Waals surface area contributed by atoms with Crippen LogP contribution < -0.4 is 16.0 Å². The van der Waals surface area contributed by atoms with Crippen LogP contribution in [0.3, 0.4) is 0 Å². The maximum atomic E-state index is 12.9. The Morgan fingerprint density at radius 2 is 1.65 bits per heavy atom. The van der Waals surface area contributed by atoms with Crippen molar-refractivity contribution < 1.29 is 19.2 Å². The van der Waals surface area contributed by atoms with Gasteiger partial charge in [-0.2, -0.15) is 0 Å². The highest BCUT2D eigenvalue weighted by molar-refractivity contribution is 5.92.